The molecule has 0 bridgehead atoms. The van der Waals surface area contributed by atoms with E-state index in [1.807, 2.05) is 24.4 Å². The number of hydrogen-bond acceptors (Lipinski definition) is 2. The lowest BCUT2D eigenvalue weighted by molar-refractivity contribution is 0.827. The van der Waals surface area contributed by atoms with E-state index in [4.69, 9.17) is 5.26 Å². The molecule has 0 aliphatic heterocycles. The van der Waals surface area contributed by atoms with Crippen molar-refractivity contribution in [2.45, 2.75) is 6.54 Å². The summed E-state index contributed by atoms with van der Waals surface area (Å²) in [5.41, 5.74) is 2.56. The SMILES string of the molecule is N#Cc1ncccc1Cn1ccc2ccc(Br)cc21. The Bertz CT molecular complexity index is 783. The van der Waals surface area contributed by atoms with Crippen LogP contribution in [0.1, 0.15) is 11.3 Å². The minimum absolute atomic E-state index is 0.486. The molecule has 0 unspecified atom stereocenters. The molecule has 0 amide bonds. The van der Waals surface area contributed by atoms with E-state index >= 15 is 0 Å². The predicted octanol–water partition coefficient (Wildman–Crippen LogP) is 3.72. The molecule has 3 aromatic rings. The second kappa shape index (κ2) is 4.87. The zero-order valence-corrected chi connectivity index (χ0v) is 11.6. The standard InChI is InChI=1S/C15H10BrN3/c16-13-4-3-11-5-7-19(15(11)8-13)10-12-2-1-6-18-14(12)9-17/h1-8H,10H2. The summed E-state index contributed by atoms with van der Waals surface area (Å²) in [6, 6.07) is 14.2. The molecule has 3 nitrogen and oxygen atoms in total. The van der Waals surface area contributed by atoms with E-state index in [0.717, 1.165) is 15.6 Å². The highest BCUT2D eigenvalue weighted by Crippen LogP contribution is 2.22. The van der Waals surface area contributed by atoms with Gasteiger partial charge >= 0.3 is 0 Å². The van der Waals surface area contributed by atoms with Gasteiger partial charge in [-0.1, -0.05) is 28.1 Å². The van der Waals surface area contributed by atoms with Gasteiger partial charge in [0.25, 0.3) is 0 Å². The van der Waals surface area contributed by atoms with Crippen molar-refractivity contribution >= 4 is 26.8 Å². The summed E-state index contributed by atoms with van der Waals surface area (Å²) in [4.78, 5) is 4.09. The molecule has 19 heavy (non-hydrogen) atoms. The normalized spacial score (nSPS) is 10.5. The van der Waals surface area contributed by atoms with Gasteiger partial charge in [-0.2, -0.15) is 5.26 Å². The third kappa shape index (κ3) is 2.25. The number of pyridine rings is 1. The summed E-state index contributed by atoms with van der Waals surface area (Å²) in [5, 5.41) is 10.3. The highest BCUT2D eigenvalue weighted by molar-refractivity contribution is 9.10. The number of nitriles is 1. The molecule has 0 saturated heterocycles. The Morgan fingerprint density at radius 1 is 1.26 bits per heavy atom. The quantitative estimate of drug-likeness (QED) is 0.724. The minimum atomic E-state index is 0.486. The topological polar surface area (TPSA) is 41.6 Å². The summed E-state index contributed by atoms with van der Waals surface area (Å²) in [6.45, 7) is 0.649. The first kappa shape index (κ1) is 11.9. The summed E-state index contributed by atoms with van der Waals surface area (Å²) in [5.74, 6) is 0. The highest BCUT2D eigenvalue weighted by atomic mass is 79.9. The molecule has 4 heteroatoms. The molecule has 2 heterocycles. The third-order valence-corrected chi connectivity index (χ3v) is 3.57. The first-order valence-electron chi connectivity index (χ1n) is 5.86. The van der Waals surface area contributed by atoms with Crippen LogP contribution in [-0.2, 0) is 6.54 Å². The molecular formula is C15H10BrN3. The summed E-state index contributed by atoms with van der Waals surface area (Å²) < 4.78 is 3.17. The zero-order chi connectivity index (χ0) is 13.2. The average molecular weight is 312 g/mol. The van der Waals surface area contributed by atoms with Gasteiger partial charge in [0.2, 0.25) is 0 Å². The van der Waals surface area contributed by atoms with E-state index in [9.17, 15) is 0 Å². The predicted molar refractivity (Wildman–Crippen MR) is 77.7 cm³/mol. The van der Waals surface area contributed by atoms with Crippen molar-refractivity contribution in [2.24, 2.45) is 0 Å². The van der Waals surface area contributed by atoms with Crippen LogP contribution >= 0.6 is 15.9 Å². The maximum atomic E-state index is 9.08. The monoisotopic (exact) mass is 311 g/mol. The van der Waals surface area contributed by atoms with Gasteiger partial charge in [0.05, 0.1) is 6.54 Å². The number of aromatic nitrogens is 2. The van der Waals surface area contributed by atoms with E-state index in [2.05, 4.69) is 49.7 Å². The van der Waals surface area contributed by atoms with Gasteiger partial charge < -0.3 is 4.57 Å². The summed E-state index contributed by atoms with van der Waals surface area (Å²) in [6.07, 6.45) is 3.68. The molecule has 0 saturated carbocycles. The van der Waals surface area contributed by atoms with Crippen molar-refractivity contribution in [3.8, 4) is 6.07 Å². The first-order valence-corrected chi connectivity index (χ1v) is 6.65. The largest absolute Gasteiger partial charge is 0.343 e. The molecule has 0 fully saturated rings. The van der Waals surface area contributed by atoms with Crippen LogP contribution in [0.3, 0.4) is 0 Å². The first-order chi connectivity index (χ1) is 9.28. The Morgan fingerprint density at radius 3 is 3.00 bits per heavy atom. The van der Waals surface area contributed by atoms with Crippen molar-refractivity contribution in [3.05, 3.63) is 64.5 Å². The molecule has 0 atom stereocenters. The van der Waals surface area contributed by atoms with E-state index in [1.54, 1.807) is 6.20 Å². The summed E-state index contributed by atoms with van der Waals surface area (Å²) in [7, 11) is 0. The van der Waals surface area contributed by atoms with Gasteiger partial charge in [0.15, 0.2) is 0 Å². The van der Waals surface area contributed by atoms with Gasteiger partial charge in [-0.25, -0.2) is 4.98 Å². The van der Waals surface area contributed by atoms with Gasteiger partial charge in [0, 0.05) is 27.9 Å². The van der Waals surface area contributed by atoms with Gasteiger partial charge in [-0.05, 0) is 29.7 Å². The number of rotatable bonds is 2. The Labute approximate surface area is 119 Å². The molecule has 92 valence electrons. The highest BCUT2D eigenvalue weighted by Gasteiger charge is 2.06. The van der Waals surface area contributed by atoms with Crippen LogP contribution in [0.15, 0.2) is 53.3 Å². The lowest BCUT2D eigenvalue weighted by atomic mass is 10.2. The van der Waals surface area contributed by atoms with Crippen LogP contribution < -0.4 is 0 Å². The molecule has 0 aliphatic rings. The lowest BCUT2D eigenvalue weighted by Gasteiger charge is -2.07. The van der Waals surface area contributed by atoms with Crippen LogP contribution in [0.4, 0.5) is 0 Å². The fourth-order valence-corrected chi connectivity index (χ4v) is 2.49. The molecular weight excluding hydrogens is 302 g/mol. The second-order valence-corrected chi connectivity index (χ2v) is 5.19. The number of hydrogen-bond donors (Lipinski definition) is 0. The van der Waals surface area contributed by atoms with Gasteiger partial charge in [0.1, 0.15) is 11.8 Å². The van der Waals surface area contributed by atoms with Crippen LogP contribution in [0, 0.1) is 11.3 Å². The fraction of sp³-hybridized carbons (Fsp3) is 0.0667. The van der Waals surface area contributed by atoms with Crippen molar-refractivity contribution in [3.63, 3.8) is 0 Å². The Hall–Kier alpha value is -2.12. The smallest absolute Gasteiger partial charge is 0.145 e. The molecule has 0 aliphatic carbocycles. The second-order valence-electron chi connectivity index (χ2n) is 4.27. The molecule has 0 N–H and O–H groups in total. The van der Waals surface area contributed by atoms with Crippen LogP contribution in [0.25, 0.3) is 10.9 Å². The van der Waals surface area contributed by atoms with E-state index in [0.29, 0.717) is 12.2 Å². The van der Waals surface area contributed by atoms with Crippen LogP contribution in [0.5, 0.6) is 0 Å². The number of benzene rings is 1. The minimum Gasteiger partial charge on any atom is -0.343 e. The molecule has 0 radical (unpaired) electrons. The van der Waals surface area contributed by atoms with Crippen molar-refractivity contribution in [2.75, 3.05) is 0 Å². The van der Waals surface area contributed by atoms with E-state index in [-0.39, 0.29) is 0 Å². The molecule has 3 rings (SSSR count). The van der Waals surface area contributed by atoms with Crippen LogP contribution in [0.2, 0.25) is 0 Å². The Kier molecular flexibility index (Phi) is 3.06. The Morgan fingerprint density at radius 2 is 2.16 bits per heavy atom. The Balaban J connectivity index is 2.06. The number of halogens is 1. The zero-order valence-electron chi connectivity index (χ0n) is 10.0. The average Bonchev–Trinajstić information content (AvgIpc) is 2.82. The van der Waals surface area contributed by atoms with Crippen molar-refractivity contribution in [1.29, 1.82) is 5.26 Å². The van der Waals surface area contributed by atoms with Gasteiger partial charge in [-0.15, -0.1) is 0 Å². The molecule has 0 spiro atoms. The van der Waals surface area contributed by atoms with Gasteiger partial charge in [-0.3, -0.25) is 0 Å². The lowest BCUT2D eigenvalue weighted by Crippen LogP contribution is -2.01. The summed E-state index contributed by atoms with van der Waals surface area (Å²) >= 11 is 3.49. The van der Waals surface area contributed by atoms with Crippen molar-refractivity contribution < 1.29 is 0 Å². The maximum absolute atomic E-state index is 9.08. The molecule has 1 aromatic carbocycles. The third-order valence-electron chi connectivity index (χ3n) is 3.07. The van der Waals surface area contributed by atoms with E-state index < -0.39 is 0 Å². The number of nitrogens with zero attached hydrogens (tertiary/aromatic N) is 3. The fourth-order valence-electron chi connectivity index (χ4n) is 2.15. The van der Waals surface area contributed by atoms with Crippen molar-refractivity contribution in [1.82, 2.24) is 9.55 Å². The number of fused-ring (bicyclic) bond motifs is 1. The van der Waals surface area contributed by atoms with E-state index in [1.165, 1.54) is 5.39 Å². The maximum Gasteiger partial charge on any atom is 0.145 e. The van der Waals surface area contributed by atoms with Crippen LogP contribution in [-0.4, -0.2) is 9.55 Å². The molecule has 2 aromatic heterocycles.